The van der Waals surface area contributed by atoms with Crippen molar-refractivity contribution < 1.29 is 0 Å². The Hall–Kier alpha value is -0.190. The van der Waals surface area contributed by atoms with Crippen molar-refractivity contribution in [2.75, 3.05) is 13.1 Å². The van der Waals surface area contributed by atoms with Crippen LogP contribution in [0.15, 0.2) is 16.9 Å². The smallest absolute Gasteiger partial charge is 0.131 e. The van der Waals surface area contributed by atoms with Crippen LogP contribution in [-0.4, -0.2) is 23.1 Å². The minimum Gasteiger partial charge on any atom is -0.317 e. The SMILES string of the molecule is Brc1cnc(C2CCNCC2)nc1.Cl. The van der Waals surface area contributed by atoms with Crippen molar-refractivity contribution in [2.45, 2.75) is 18.8 Å². The van der Waals surface area contributed by atoms with Crippen molar-refractivity contribution in [2.24, 2.45) is 0 Å². The van der Waals surface area contributed by atoms with Crippen molar-refractivity contribution in [1.82, 2.24) is 15.3 Å². The lowest BCUT2D eigenvalue weighted by Gasteiger charge is -2.20. The summed E-state index contributed by atoms with van der Waals surface area (Å²) in [4.78, 5) is 8.63. The van der Waals surface area contributed by atoms with E-state index < -0.39 is 0 Å². The highest BCUT2D eigenvalue weighted by atomic mass is 79.9. The molecule has 0 atom stereocenters. The average Bonchev–Trinajstić information content (AvgIpc) is 2.20. The first-order valence-corrected chi connectivity index (χ1v) is 5.34. The monoisotopic (exact) mass is 277 g/mol. The van der Waals surface area contributed by atoms with Gasteiger partial charge in [-0.2, -0.15) is 0 Å². The fraction of sp³-hybridized carbons (Fsp3) is 0.556. The first-order chi connectivity index (χ1) is 6.36. The Balaban J connectivity index is 0.000000980. The molecule has 0 aromatic carbocycles. The number of rotatable bonds is 1. The summed E-state index contributed by atoms with van der Waals surface area (Å²) in [6.45, 7) is 2.17. The number of hydrogen-bond donors (Lipinski definition) is 1. The van der Waals surface area contributed by atoms with Crippen LogP contribution in [-0.2, 0) is 0 Å². The van der Waals surface area contributed by atoms with E-state index >= 15 is 0 Å². The summed E-state index contributed by atoms with van der Waals surface area (Å²) >= 11 is 3.33. The lowest BCUT2D eigenvalue weighted by atomic mass is 9.97. The van der Waals surface area contributed by atoms with Crippen LogP contribution in [0.4, 0.5) is 0 Å². The van der Waals surface area contributed by atoms with Crippen molar-refractivity contribution in [1.29, 1.82) is 0 Å². The van der Waals surface area contributed by atoms with Crippen LogP contribution in [0.3, 0.4) is 0 Å². The second-order valence-electron chi connectivity index (χ2n) is 3.28. The Morgan fingerprint density at radius 1 is 1.21 bits per heavy atom. The molecule has 0 aliphatic carbocycles. The van der Waals surface area contributed by atoms with Crippen molar-refractivity contribution in [3.8, 4) is 0 Å². The second kappa shape index (κ2) is 5.63. The van der Waals surface area contributed by atoms with E-state index in [4.69, 9.17) is 0 Å². The predicted molar refractivity (Wildman–Crippen MR) is 61.8 cm³/mol. The zero-order valence-electron chi connectivity index (χ0n) is 7.74. The standard InChI is InChI=1S/C9H12BrN3.ClH/c10-8-5-12-9(13-6-8)7-1-3-11-4-2-7;/h5-7,11H,1-4H2;1H. The number of piperidine rings is 1. The maximum absolute atomic E-state index is 4.32. The van der Waals surface area contributed by atoms with Crippen LogP contribution in [0.25, 0.3) is 0 Å². The highest BCUT2D eigenvalue weighted by molar-refractivity contribution is 9.10. The van der Waals surface area contributed by atoms with E-state index in [-0.39, 0.29) is 12.4 Å². The van der Waals surface area contributed by atoms with Gasteiger partial charge in [0.15, 0.2) is 0 Å². The molecule has 1 aliphatic heterocycles. The summed E-state index contributed by atoms with van der Waals surface area (Å²) in [7, 11) is 0. The molecule has 0 radical (unpaired) electrons. The van der Waals surface area contributed by atoms with Crippen molar-refractivity contribution >= 4 is 28.3 Å². The van der Waals surface area contributed by atoms with E-state index in [1.807, 2.05) is 12.4 Å². The predicted octanol–water partition coefficient (Wildman–Crippen LogP) is 2.13. The normalized spacial score (nSPS) is 17.5. The summed E-state index contributed by atoms with van der Waals surface area (Å²) in [6, 6.07) is 0. The third-order valence-corrected chi connectivity index (χ3v) is 2.75. The first-order valence-electron chi connectivity index (χ1n) is 4.54. The number of halogens is 2. The molecule has 0 bridgehead atoms. The Bertz CT molecular complexity index is 272. The molecule has 0 saturated carbocycles. The molecule has 1 aliphatic rings. The molecule has 5 heteroatoms. The summed E-state index contributed by atoms with van der Waals surface area (Å²) in [5, 5.41) is 3.33. The van der Waals surface area contributed by atoms with Crippen molar-refractivity contribution in [3.63, 3.8) is 0 Å². The maximum atomic E-state index is 4.32. The molecular formula is C9H13BrClN3. The van der Waals surface area contributed by atoms with Gasteiger partial charge in [-0.1, -0.05) is 0 Å². The first kappa shape index (κ1) is 11.9. The van der Waals surface area contributed by atoms with Gasteiger partial charge in [-0.25, -0.2) is 9.97 Å². The molecular weight excluding hydrogens is 265 g/mol. The Labute approximate surface area is 98.3 Å². The minimum atomic E-state index is 0. The third-order valence-electron chi connectivity index (χ3n) is 2.34. The summed E-state index contributed by atoms with van der Waals surface area (Å²) in [5.41, 5.74) is 0. The molecule has 0 spiro atoms. The summed E-state index contributed by atoms with van der Waals surface area (Å²) in [5.74, 6) is 1.54. The van der Waals surface area contributed by atoms with E-state index in [2.05, 4.69) is 31.2 Å². The minimum absolute atomic E-state index is 0. The van der Waals surface area contributed by atoms with Gasteiger partial charge in [-0.3, -0.25) is 0 Å². The van der Waals surface area contributed by atoms with Gasteiger partial charge in [0.05, 0.1) is 4.47 Å². The van der Waals surface area contributed by atoms with Gasteiger partial charge < -0.3 is 5.32 Å². The second-order valence-corrected chi connectivity index (χ2v) is 4.20. The molecule has 3 nitrogen and oxygen atoms in total. The van der Waals surface area contributed by atoms with Crippen LogP contribution in [0, 0.1) is 0 Å². The van der Waals surface area contributed by atoms with Crippen LogP contribution in [0.1, 0.15) is 24.6 Å². The largest absolute Gasteiger partial charge is 0.317 e. The number of aromatic nitrogens is 2. The van der Waals surface area contributed by atoms with Gasteiger partial charge >= 0.3 is 0 Å². The van der Waals surface area contributed by atoms with Gasteiger partial charge in [0.25, 0.3) is 0 Å². The number of nitrogens with zero attached hydrogens (tertiary/aromatic N) is 2. The molecule has 1 aromatic rings. The zero-order chi connectivity index (χ0) is 9.10. The fourth-order valence-electron chi connectivity index (χ4n) is 1.61. The molecule has 1 saturated heterocycles. The van der Waals surface area contributed by atoms with Crippen LogP contribution in [0.5, 0.6) is 0 Å². The summed E-state index contributed by atoms with van der Waals surface area (Å²) in [6.07, 6.45) is 5.96. The molecule has 0 amide bonds. The van der Waals surface area contributed by atoms with Gasteiger partial charge in [0, 0.05) is 18.3 Å². The molecule has 2 heterocycles. The average molecular weight is 279 g/mol. The van der Waals surface area contributed by atoms with Crippen LogP contribution < -0.4 is 5.32 Å². The molecule has 1 aromatic heterocycles. The molecule has 78 valence electrons. The van der Waals surface area contributed by atoms with Gasteiger partial charge in [0.2, 0.25) is 0 Å². The number of hydrogen-bond acceptors (Lipinski definition) is 3. The summed E-state index contributed by atoms with van der Waals surface area (Å²) < 4.78 is 0.949. The fourth-order valence-corrected chi connectivity index (χ4v) is 1.82. The quantitative estimate of drug-likeness (QED) is 0.855. The van der Waals surface area contributed by atoms with E-state index in [0.29, 0.717) is 5.92 Å². The molecule has 14 heavy (non-hydrogen) atoms. The van der Waals surface area contributed by atoms with Crippen LogP contribution in [0.2, 0.25) is 0 Å². The van der Waals surface area contributed by atoms with E-state index in [0.717, 1.165) is 36.2 Å². The Kier molecular flexibility index (Phi) is 4.78. The lowest BCUT2D eigenvalue weighted by Crippen LogP contribution is -2.27. The highest BCUT2D eigenvalue weighted by Crippen LogP contribution is 2.21. The maximum Gasteiger partial charge on any atom is 0.131 e. The molecule has 0 unspecified atom stereocenters. The third kappa shape index (κ3) is 2.90. The molecule has 1 N–H and O–H groups in total. The Morgan fingerprint density at radius 3 is 2.36 bits per heavy atom. The van der Waals surface area contributed by atoms with E-state index in [9.17, 15) is 0 Å². The van der Waals surface area contributed by atoms with Gasteiger partial charge in [-0.15, -0.1) is 12.4 Å². The molecule has 1 fully saturated rings. The van der Waals surface area contributed by atoms with Crippen LogP contribution >= 0.6 is 28.3 Å². The Morgan fingerprint density at radius 2 is 1.79 bits per heavy atom. The topological polar surface area (TPSA) is 37.8 Å². The number of nitrogens with one attached hydrogen (secondary N) is 1. The van der Waals surface area contributed by atoms with Gasteiger partial charge in [-0.05, 0) is 41.9 Å². The van der Waals surface area contributed by atoms with E-state index in [1.165, 1.54) is 0 Å². The zero-order valence-corrected chi connectivity index (χ0v) is 10.1. The van der Waals surface area contributed by atoms with Crippen molar-refractivity contribution in [3.05, 3.63) is 22.7 Å². The lowest BCUT2D eigenvalue weighted by molar-refractivity contribution is 0.444. The van der Waals surface area contributed by atoms with E-state index in [1.54, 1.807) is 0 Å². The highest BCUT2D eigenvalue weighted by Gasteiger charge is 2.16. The molecule has 2 rings (SSSR count). The van der Waals surface area contributed by atoms with Gasteiger partial charge in [0.1, 0.15) is 5.82 Å².